The van der Waals surface area contributed by atoms with Gasteiger partial charge in [-0.15, -0.1) is 0 Å². The molecule has 184 valence electrons. The molecule has 1 aromatic carbocycles. The Labute approximate surface area is 189 Å². The summed E-state index contributed by atoms with van der Waals surface area (Å²) in [7, 11) is 4.05. The zero-order valence-corrected chi connectivity index (χ0v) is 18.9. The molecule has 2 atom stereocenters. The van der Waals surface area contributed by atoms with Gasteiger partial charge in [0.2, 0.25) is 18.1 Å². The molecule has 0 aliphatic heterocycles. The van der Waals surface area contributed by atoms with E-state index in [1.807, 2.05) is 5.32 Å². The lowest BCUT2D eigenvalue weighted by atomic mass is 10.0. The number of amides is 2. The predicted molar refractivity (Wildman–Crippen MR) is 112 cm³/mol. The van der Waals surface area contributed by atoms with Crippen LogP contribution in [0.3, 0.4) is 0 Å². The molecule has 2 amide bonds. The van der Waals surface area contributed by atoms with Crippen LogP contribution in [0.4, 0.5) is 8.78 Å². The zero-order chi connectivity index (χ0) is 25.3. The van der Waals surface area contributed by atoms with Crippen molar-refractivity contribution in [3.05, 3.63) is 17.7 Å². The Kier molecular flexibility index (Phi) is 10.5. The molecule has 1 aromatic rings. The fourth-order valence-corrected chi connectivity index (χ4v) is 3.05. The number of halogens is 2. The highest BCUT2D eigenvalue weighted by Gasteiger charge is 2.33. The van der Waals surface area contributed by atoms with Crippen molar-refractivity contribution in [2.45, 2.75) is 45.2 Å². The number of aliphatic carboxylic acids is 1. The molecule has 0 aliphatic rings. The van der Waals surface area contributed by atoms with E-state index in [4.69, 9.17) is 19.3 Å². The fraction of sp³-hybridized carbons (Fsp3) is 0.524. The topological polar surface area (TPSA) is 140 Å². The molecule has 10 nitrogen and oxygen atoms in total. The van der Waals surface area contributed by atoms with E-state index < -0.39 is 48.5 Å². The average Bonchev–Trinajstić information content (AvgIpc) is 2.75. The van der Waals surface area contributed by atoms with E-state index in [9.17, 15) is 28.0 Å². The van der Waals surface area contributed by atoms with Crippen LogP contribution in [0, 0.1) is 5.92 Å². The first-order valence-corrected chi connectivity index (χ1v) is 9.92. The molecule has 0 heterocycles. The van der Waals surface area contributed by atoms with Crippen LogP contribution in [0.5, 0.6) is 17.2 Å². The Morgan fingerprint density at radius 1 is 0.909 bits per heavy atom. The van der Waals surface area contributed by atoms with Gasteiger partial charge in [0.25, 0.3) is 11.7 Å². The van der Waals surface area contributed by atoms with Gasteiger partial charge in [0.15, 0.2) is 11.5 Å². The number of alkyl halides is 2. The molecule has 0 fully saturated rings. The fourth-order valence-electron chi connectivity index (χ4n) is 3.05. The molecule has 0 saturated carbocycles. The zero-order valence-electron chi connectivity index (χ0n) is 18.9. The van der Waals surface area contributed by atoms with E-state index in [0.717, 1.165) is 0 Å². The SMILES string of the molecule is COc1ccc(C(=O)N[C@@H](CC(C)C)C(=O)N[C@@H](CC(F)F)C(=O)C(=O)O)c(OC)c1OC. The van der Waals surface area contributed by atoms with Gasteiger partial charge in [-0.3, -0.25) is 14.4 Å². The van der Waals surface area contributed by atoms with E-state index in [2.05, 4.69) is 5.32 Å². The van der Waals surface area contributed by atoms with Gasteiger partial charge in [-0.25, -0.2) is 13.6 Å². The first kappa shape index (κ1) is 27.6. The van der Waals surface area contributed by atoms with Crippen molar-refractivity contribution in [1.82, 2.24) is 10.6 Å². The second kappa shape index (κ2) is 12.6. The highest BCUT2D eigenvalue weighted by atomic mass is 19.3. The quantitative estimate of drug-likeness (QED) is 0.367. The minimum absolute atomic E-state index is 0.00227. The average molecular weight is 474 g/mol. The number of rotatable bonds is 13. The first-order valence-electron chi connectivity index (χ1n) is 9.92. The van der Waals surface area contributed by atoms with E-state index in [0.29, 0.717) is 5.75 Å². The van der Waals surface area contributed by atoms with E-state index in [1.54, 1.807) is 13.8 Å². The number of ketones is 1. The van der Waals surface area contributed by atoms with Crippen LogP contribution >= 0.6 is 0 Å². The summed E-state index contributed by atoms with van der Waals surface area (Å²) >= 11 is 0. The van der Waals surface area contributed by atoms with Crippen molar-refractivity contribution in [3.8, 4) is 17.2 Å². The van der Waals surface area contributed by atoms with Crippen molar-refractivity contribution >= 4 is 23.6 Å². The summed E-state index contributed by atoms with van der Waals surface area (Å²) in [6, 6.07) is -0.361. The third-order valence-electron chi connectivity index (χ3n) is 4.54. The molecule has 0 spiro atoms. The molecule has 3 N–H and O–H groups in total. The van der Waals surface area contributed by atoms with Crippen LogP contribution in [-0.2, 0) is 14.4 Å². The second-order valence-corrected chi connectivity index (χ2v) is 7.39. The van der Waals surface area contributed by atoms with Crippen molar-refractivity contribution in [1.29, 1.82) is 0 Å². The molecule has 0 saturated heterocycles. The highest BCUT2D eigenvalue weighted by Crippen LogP contribution is 2.39. The van der Waals surface area contributed by atoms with Crippen molar-refractivity contribution in [2.24, 2.45) is 5.92 Å². The third kappa shape index (κ3) is 7.58. The van der Waals surface area contributed by atoms with Gasteiger partial charge in [-0.05, 0) is 24.5 Å². The Balaban J connectivity index is 3.21. The van der Waals surface area contributed by atoms with Crippen molar-refractivity contribution < 1.29 is 47.3 Å². The lowest BCUT2D eigenvalue weighted by Crippen LogP contribution is -2.53. The molecule has 1 rings (SSSR count). The number of benzene rings is 1. The van der Waals surface area contributed by atoms with Crippen molar-refractivity contribution in [3.63, 3.8) is 0 Å². The van der Waals surface area contributed by atoms with E-state index >= 15 is 0 Å². The molecule has 0 bridgehead atoms. The maximum Gasteiger partial charge on any atom is 0.374 e. The van der Waals surface area contributed by atoms with E-state index in [-0.39, 0.29) is 29.4 Å². The molecule has 33 heavy (non-hydrogen) atoms. The maximum absolute atomic E-state index is 12.9. The van der Waals surface area contributed by atoms with Gasteiger partial charge in [-0.1, -0.05) is 13.8 Å². The number of carboxylic acids is 1. The summed E-state index contributed by atoms with van der Waals surface area (Å²) in [6.07, 6.45) is -4.13. The van der Waals surface area contributed by atoms with Gasteiger partial charge in [0.1, 0.15) is 12.1 Å². The minimum atomic E-state index is -3.03. The molecule has 0 aromatic heterocycles. The Hall–Kier alpha value is -3.44. The summed E-state index contributed by atoms with van der Waals surface area (Å²) in [6.45, 7) is 3.50. The minimum Gasteiger partial charge on any atom is -0.493 e. The number of carbonyl (C=O) groups excluding carboxylic acids is 3. The monoisotopic (exact) mass is 474 g/mol. The summed E-state index contributed by atoms with van der Waals surface area (Å²) in [4.78, 5) is 48.4. The predicted octanol–water partition coefficient (Wildman–Crippen LogP) is 1.65. The first-order chi connectivity index (χ1) is 15.5. The summed E-state index contributed by atoms with van der Waals surface area (Å²) in [5, 5.41) is 13.4. The number of ether oxygens (including phenoxy) is 3. The molecule has 0 aliphatic carbocycles. The van der Waals surface area contributed by atoms with Gasteiger partial charge in [-0.2, -0.15) is 0 Å². The van der Waals surface area contributed by atoms with Gasteiger partial charge < -0.3 is 30.0 Å². The normalized spacial score (nSPS) is 12.6. The number of carbonyl (C=O) groups is 4. The molecular weight excluding hydrogens is 446 g/mol. The highest BCUT2D eigenvalue weighted by molar-refractivity contribution is 6.35. The molecular formula is C21H28F2N2O8. The largest absolute Gasteiger partial charge is 0.493 e. The summed E-state index contributed by atoms with van der Waals surface area (Å²) < 4.78 is 41.3. The standard InChI is InChI=1S/C21H28F2N2O8/c1-10(2)8-13(20(28)24-12(9-15(22)23)16(26)21(29)30)25-19(27)11-6-7-14(31-3)18(33-5)17(11)32-4/h6-7,10,12-13,15H,8-9H2,1-5H3,(H,24,28)(H,25,27)(H,29,30)/t12-,13-/m0/s1. The molecule has 0 unspecified atom stereocenters. The van der Waals surface area contributed by atoms with Crippen LogP contribution in [-0.4, -0.2) is 68.5 Å². The van der Waals surface area contributed by atoms with Crippen LogP contribution in [0.1, 0.15) is 37.0 Å². The Bertz CT molecular complexity index is 876. The number of carboxylic acid groups (broad SMARTS) is 1. The van der Waals surface area contributed by atoms with Gasteiger partial charge in [0, 0.05) is 6.42 Å². The maximum atomic E-state index is 12.9. The number of nitrogens with one attached hydrogen (secondary N) is 2. The number of hydrogen-bond acceptors (Lipinski definition) is 7. The summed E-state index contributed by atoms with van der Waals surface area (Å²) in [5.41, 5.74) is 0.00227. The molecule has 0 radical (unpaired) electrons. The smallest absolute Gasteiger partial charge is 0.374 e. The lowest BCUT2D eigenvalue weighted by Gasteiger charge is -2.24. The second-order valence-electron chi connectivity index (χ2n) is 7.39. The van der Waals surface area contributed by atoms with Crippen molar-refractivity contribution in [2.75, 3.05) is 21.3 Å². The van der Waals surface area contributed by atoms with Crippen LogP contribution in [0.15, 0.2) is 12.1 Å². The number of hydrogen-bond donors (Lipinski definition) is 3. The lowest BCUT2D eigenvalue weighted by molar-refractivity contribution is -0.151. The van der Waals surface area contributed by atoms with Crippen LogP contribution < -0.4 is 24.8 Å². The number of Topliss-reactive ketones (excluding diaryl/α,β-unsaturated/α-hetero) is 1. The molecule has 12 heteroatoms. The van der Waals surface area contributed by atoms with Gasteiger partial charge in [0.05, 0.1) is 26.9 Å². The third-order valence-corrected chi connectivity index (χ3v) is 4.54. The van der Waals surface area contributed by atoms with Gasteiger partial charge >= 0.3 is 5.97 Å². The van der Waals surface area contributed by atoms with Crippen LogP contribution in [0.2, 0.25) is 0 Å². The van der Waals surface area contributed by atoms with E-state index in [1.165, 1.54) is 33.5 Å². The number of methoxy groups -OCH3 is 3. The Morgan fingerprint density at radius 2 is 1.52 bits per heavy atom. The Morgan fingerprint density at radius 3 is 1.97 bits per heavy atom. The summed E-state index contributed by atoms with van der Waals surface area (Å²) in [5.74, 6) is -4.92. The van der Waals surface area contributed by atoms with Crippen LogP contribution in [0.25, 0.3) is 0 Å².